The number of nitrogens with zero attached hydrogens (tertiary/aromatic N) is 1. The molecule has 0 rings (SSSR count). The molecular weight excluding hydrogens is 396 g/mol. The van der Waals surface area contributed by atoms with Crippen molar-refractivity contribution in [2.24, 2.45) is 5.92 Å². The van der Waals surface area contributed by atoms with Gasteiger partial charge in [0, 0.05) is 31.1 Å². The normalized spacial score (nSPS) is 11.9. The van der Waals surface area contributed by atoms with E-state index in [2.05, 4.69) is 45.4 Å². The van der Waals surface area contributed by atoms with Gasteiger partial charge in [-0.25, -0.2) is 0 Å². The minimum absolute atomic E-state index is 0. The quantitative estimate of drug-likeness (QED) is 0.365. The van der Waals surface area contributed by atoms with E-state index in [0.29, 0.717) is 5.92 Å². The zero-order valence-electron chi connectivity index (χ0n) is 9.51. The molecule has 14 heavy (non-hydrogen) atoms. The van der Waals surface area contributed by atoms with Crippen LogP contribution in [-0.2, 0) is 0 Å². The summed E-state index contributed by atoms with van der Waals surface area (Å²) < 4.78 is 0. The molecule has 0 aromatic carbocycles. The van der Waals surface area contributed by atoms with E-state index in [0.717, 1.165) is 18.7 Å². The summed E-state index contributed by atoms with van der Waals surface area (Å²) in [6.45, 7) is 14.7. The van der Waals surface area contributed by atoms with Crippen LogP contribution in [0.15, 0.2) is 31.0 Å². The van der Waals surface area contributed by atoms with Gasteiger partial charge in [-0.3, -0.25) is 0 Å². The topological polar surface area (TPSA) is 3.24 Å². The van der Waals surface area contributed by atoms with E-state index in [4.69, 9.17) is 0 Å². The third kappa shape index (κ3) is 7.47. The Bertz CT molecular complexity index is 196. The molecular formula is C12H20NU-. The van der Waals surface area contributed by atoms with Crippen LogP contribution in [0.1, 0.15) is 27.2 Å². The van der Waals surface area contributed by atoms with Crippen molar-refractivity contribution in [2.75, 3.05) is 6.54 Å². The van der Waals surface area contributed by atoms with E-state index in [1.54, 1.807) is 0 Å². The first kappa shape index (κ1) is 16.5. The summed E-state index contributed by atoms with van der Waals surface area (Å²) in [4.78, 5) is 1.95. The molecule has 0 aliphatic heterocycles. The predicted octanol–water partition coefficient (Wildman–Crippen LogP) is 3.37. The third-order valence-corrected chi connectivity index (χ3v) is 1.82. The van der Waals surface area contributed by atoms with E-state index >= 15 is 0 Å². The molecule has 1 nitrogen and oxygen atoms in total. The van der Waals surface area contributed by atoms with Crippen LogP contribution in [0.5, 0.6) is 0 Å². The Kier molecular flexibility index (Phi) is 11.3. The van der Waals surface area contributed by atoms with Gasteiger partial charge in [0.05, 0.1) is 0 Å². The Hall–Kier alpha value is 0.0719. The fourth-order valence-corrected chi connectivity index (χ4v) is 1.07. The minimum atomic E-state index is 0. The van der Waals surface area contributed by atoms with Gasteiger partial charge in [-0.15, -0.1) is 5.70 Å². The summed E-state index contributed by atoms with van der Waals surface area (Å²) in [7, 11) is 0. The minimum Gasteiger partial charge on any atom is -0.515 e. The average molecular weight is 416 g/mol. The van der Waals surface area contributed by atoms with Crippen LogP contribution >= 0.6 is 0 Å². The summed E-state index contributed by atoms with van der Waals surface area (Å²) in [6.07, 6.45) is 8.35. The zero-order chi connectivity index (χ0) is 10.3. The number of hydrogen-bond donors (Lipinski definition) is 0. The monoisotopic (exact) mass is 416 g/mol. The SMILES string of the molecule is C=[C-]N(CC(C)/C=C\CC)C(=C)C.[U]. The van der Waals surface area contributed by atoms with Gasteiger partial charge in [0.2, 0.25) is 0 Å². The number of allylic oxidation sites excluding steroid dienone is 2. The van der Waals surface area contributed by atoms with Crippen molar-refractivity contribution in [1.82, 2.24) is 4.90 Å². The summed E-state index contributed by atoms with van der Waals surface area (Å²) in [6, 6.07) is 0. The molecule has 1 atom stereocenters. The van der Waals surface area contributed by atoms with E-state index in [9.17, 15) is 0 Å². The van der Waals surface area contributed by atoms with Crippen LogP contribution in [0.2, 0.25) is 0 Å². The van der Waals surface area contributed by atoms with E-state index in [1.165, 1.54) is 0 Å². The van der Waals surface area contributed by atoms with Crippen molar-refractivity contribution in [1.29, 1.82) is 0 Å². The Labute approximate surface area is 112 Å². The van der Waals surface area contributed by atoms with Crippen molar-refractivity contribution in [3.63, 3.8) is 0 Å². The van der Waals surface area contributed by atoms with Crippen molar-refractivity contribution in [3.05, 3.63) is 37.2 Å². The molecule has 0 N–H and O–H groups in total. The first-order valence-corrected chi connectivity index (χ1v) is 4.74. The second kappa shape index (κ2) is 9.62. The van der Waals surface area contributed by atoms with Gasteiger partial charge in [0.25, 0.3) is 0 Å². The van der Waals surface area contributed by atoms with E-state index in [-0.39, 0.29) is 31.1 Å². The van der Waals surface area contributed by atoms with Crippen molar-refractivity contribution < 1.29 is 31.1 Å². The Morgan fingerprint density at radius 2 is 2.14 bits per heavy atom. The summed E-state index contributed by atoms with van der Waals surface area (Å²) in [5.41, 5.74) is 0.992. The molecule has 0 amide bonds. The molecule has 0 heterocycles. The van der Waals surface area contributed by atoms with Crippen LogP contribution in [-0.4, -0.2) is 11.4 Å². The molecule has 0 aromatic heterocycles. The standard InChI is InChI=1S/C12H20N.U/c1-6-8-9-12(5)10-13(7-2)11(3)4;/h8-9,12H,2-3,6,10H2,1,4-5H3;/q-1;/b9-8-;. The van der Waals surface area contributed by atoms with Crippen molar-refractivity contribution >= 4 is 0 Å². The molecule has 0 saturated carbocycles. The van der Waals surface area contributed by atoms with Gasteiger partial charge in [-0.05, 0) is 18.9 Å². The van der Waals surface area contributed by atoms with Crippen LogP contribution < -0.4 is 0 Å². The van der Waals surface area contributed by atoms with Gasteiger partial charge in [-0.1, -0.05) is 32.9 Å². The molecule has 78 valence electrons. The largest absolute Gasteiger partial charge is 0.515 e. The zero-order valence-corrected chi connectivity index (χ0v) is 13.7. The molecule has 0 aliphatic rings. The van der Waals surface area contributed by atoms with E-state index in [1.807, 2.05) is 11.8 Å². The van der Waals surface area contributed by atoms with E-state index < -0.39 is 0 Å². The first-order chi connectivity index (χ1) is 6.11. The number of hydrogen-bond acceptors (Lipinski definition) is 1. The molecule has 0 aromatic rings. The molecule has 0 spiro atoms. The molecule has 0 fully saturated rings. The van der Waals surface area contributed by atoms with Crippen LogP contribution in [0.4, 0.5) is 0 Å². The second-order valence-electron chi connectivity index (χ2n) is 3.32. The van der Waals surface area contributed by atoms with Crippen molar-refractivity contribution in [3.8, 4) is 0 Å². The van der Waals surface area contributed by atoms with Crippen LogP contribution in [0, 0.1) is 43.2 Å². The fraction of sp³-hybridized carbons (Fsp3) is 0.500. The molecule has 0 aliphatic carbocycles. The molecule has 0 radical (unpaired) electrons. The Morgan fingerprint density at radius 1 is 1.57 bits per heavy atom. The van der Waals surface area contributed by atoms with Crippen molar-refractivity contribution in [2.45, 2.75) is 27.2 Å². The van der Waals surface area contributed by atoms with Crippen LogP contribution in [0.3, 0.4) is 0 Å². The Balaban J connectivity index is 0. The maximum absolute atomic E-state index is 3.86. The fourth-order valence-electron chi connectivity index (χ4n) is 1.07. The van der Waals surface area contributed by atoms with Gasteiger partial charge in [0.1, 0.15) is 0 Å². The average Bonchev–Trinajstić information content (AvgIpc) is 2.10. The first-order valence-electron chi connectivity index (χ1n) is 4.74. The molecule has 1 unspecified atom stereocenters. The summed E-state index contributed by atoms with van der Waals surface area (Å²) in [5, 5.41) is 0. The number of rotatable bonds is 6. The summed E-state index contributed by atoms with van der Waals surface area (Å²) >= 11 is 0. The van der Waals surface area contributed by atoms with Crippen LogP contribution in [0.25, 0.3) is 0 Å². The summed E-state index contributed by atoms with van der Waals surface area (Å²) in [5.74, 6) is 0.519. The predicted molar refractivity (Wildman–Crippen MR) is 59.0 cm³/mol. The second-order valence-corrected chi connectivity index (χ2v) is 3.32. The maximum Gasteiger partial charge on any atom is 0 e. The van der Waals surface area contributed by atoms with Gasteiger partial charge in [0.15, 0.2) is 0 Å². The van der Waals surface area contributed by atoms with Gasteiger partial charge >= 0.3 is 0 Å². The van der Waals surface area contributed by atoms with Gasteiger partial charge in [-0.2, -0.15) is 19.4 Å². The van der Waals surface area contributed by atoms with Gasteiger partial charge < -0.3 is 4.90 Å². The molecule has 0 saturated heterocycles. The Morgan fingerprint density at radius 3 is 2.50 bits per heavy atom. The third-order valence-electron chi connectivity index (χ3n) is 1.82. The smallest absolute Gasteiger partial charge is 0 e. The molecule has 2 heteroatoms. The maximum atomic E-state index is 3.86. The molecule has 0 bridgehead atoms.